The van der Waals surface area contributed by atoms with Crippen molar-refractivity contribution in [2.45, 2.75) is 76.0 Å². The number of benzene rings is 2. The lowest BCUT2D eigenvalue weighted by Gasteiger charge is -2.49. The van der Waals surface area contributed by atoms with Gasteiger partial charge in [-0.05, 0) is 118 Å². The molecule has 3 heterocycles. The number of sulfonamides is 1. The Bertz CT molecular complexity index is 1610. The molecule has 1 spiro atoms. The zero-order valence-corrected chi connectivity index (χ0v) is 30.0. The molecular formula is C37H50ClN3O6S. The molecule has 9 nitrogen and oxygen atoms in total. The topological polar surface area (TPSA) is 97.4 Å². The van der Waals surface area contributed by atoms with Crippen LogP contribution < -0.4 is 14.4 Å². The first kappa shape index (κ1) is 34.1. The number of halogens is 1. The maximum Gasteiger partial charge on any atom is 0.264 e. The van der Waals surface area contributed by atoms with E-state index in [4.69, 9.17) is 25.8 Å². The number of aryl methyl sites for hydroxylation is 1. The Balaban J connectivity index is 1.25. The van der Waals surface area contributed by atoms with Crippen molar-refractivity contribution in [3.8, 4) is 5.75 Å². The lowest BCUT2D eigenvalue weighted by Crippen LogP contribution is -2.52. The molecule has 0 unspecified atom stereocenters. The molecule has 262 valence electrons. The van der Waals surface area contributed by atoms with Crippen LogP contribution in [-0.4, -0.2) is 84.3 Å². The van der Waals surface area contributed by atoms with Gasteiger partial charge in [-0.2, -0.15) is 0 Å². The van der Waals surface area contributed by atoms with E-state index in [1.807, 2.05) is 25.1 Å². The predicted octanol–water partition coefficient (Wildman–Crippen LogP) is 5.64. The van der Waals surface area contributed by atoms with Gasteiger partial charge in [-0.1, -0.05) is 31.0 Å². The van der Waals surface area contributed by atoms with Crippen molar-refractivity contribution < 1.29 is 27.4 Å². The molecule has 7 rings (SSSR count). The molecule has 2 bridgehead atoms. The molecule has 11 heteroatoms. The van der Waals surface area contributed by atoms with Crippen molar-refractivity contribution in [2.24, 2.45) is 23.7 Å². The molecule has 2 fully saturated rings. The maximum absolute atomic E-state index is 13.4. The number of fused-ring (bicyclic) bond motifs is 4. The minimum absolute atomic E-state index is 0.0901. The van der Waals surface area contributed by atoms with E-state index in [-0.39, 0.29) is 35.3 Å². The Morgan fingerprint density at radius 3 is 2.56 bits per heavy atom. The van der Waals surface area contributed by atoms with Gasteiger partial charge >= 0.3 is 0 Å². The van der Waals surface area contributed by atoms with Crippen LogP contribution in [0.25, 0.3) is 0 Å². The van der Waals surface area contributed by atoms with Gasteiger partial charge in [-0.25, -0.2) is 13.1 Å². The van der Waals surface area contributed by atoms with Crippen LogP contribution >= 0.6 is 11.6 Å². The van der Waals surface area contributed by atoms with Gasteiger partial charge in [0.2, 0.25) is 10.0 Å². The number of anilines is 1. The highest BCUT2D eigenvalue weighted by atomic mass is 35.5. The normalized spacial score (nSPS) is 33.9. The van der Waals surface area contributed by atoms with Crippen molar-refractivity contribution in [3.05, 3.63) is 58.1 Å². The van der Waals surface area contributed by atoms with Crippen LogP contribution in [0, 0.1) is 23.7 Å². The first-order valence-electron chi connectivity index (χ1n) is 17.8. The summed E-state index contributed by atoms with van der Waals surface area (Å²) < 4.78 is 48.2. The highest BCUT2D eigenvalue weighted by molar-refractivity contribution is 7.90. The van der Waals surface area contributed by atoms with Crippen molar-refractivity contribution in [2.75, 3.05) is 57.7 Å². The van der Waals surface area contributed by atoms with E-state index in [0.717, 1.165) is 80.9 Å². The summed E-state index contributed by atoms with van der Waals surface area (Å²) >= 11 is 6.46. The fourth-order valence-corrected chi connectivity index (χ4v) is 10.5. The van der Waals surface area contributed by atoms with E-state index in [1.54, 1.807) is 6.07 Å². The molecule has 1 saturated carbocycles. The number of amides is 1. The molecule has 2 aromatic rings. The average Bonchev–Trinajstić information content (AvgIpc) is 3.18. The molecule has 1 N–H and O–H groups in total. The molecule has 1 saturated heterocycles. The molecule has 5 atom stereocenters. The summed E-state index contributed by atoms with van der Waals surface area (Å²) in [7, 11) is 0.295. The van der Waals surface area contributed by atoms with Gasteiger partial charge in [0, 0.05) is 35.0 Å². The number of carbonyl (C=O) groups is 1. The summed E-state index contributed by atoms with van der Waals surface area (Å²) in [4.78, 5) is 18.0. The average molecular weight is 700 g/mol. The summed E-state index contributed by atoms with van der Waals surface area (Å²) in [6.07, 6.45) is 7.54. The third-order valence-corrected chi connectivity index (χ3v) is 13.5. The van der Waals surface area contributed by atoms with Crippen LogP contribution in [0.3, 0.4) is 0 Å². The number of nitrogens with one attached hydrogen (secondary N) is 1. The van der Waals surface area contributed by atoms with Gasteiger partial charge in [0.05, 0.1) is 37.3 Å². The first-order valence-corrected chi connectivity index (χ1v) is 19.8. The third kappa shape index (κ3) is 6.97. The Kier molecular flexibility index (Phi) is 9.76. The molecule has 3 aliphatic heterocycles. The smallest absolute Gasteiger partial charge is 0.264 e. The second-order valence-electron chi connectivity index (χ2n) is 15.4. The number of carbonyl (C=O) groups excluding carboxylic acids is 1. The van der Waals surface area contributed by atoms with Gasteiger partial charge in [0.25, 0.3) is 5.91 Å². The predicted molar refractivity (Wildman–Crippen MR) is 187 cm³/mol. The van der Waals surface area contributed by atoms with Crippen molar-refractivity contribution in [1.29, 1.82) is 0 Å². The lowest BCUT2D eigenvalue weighted by atomic mass is 9.64. The van der Waals surface area contributed by atoms with Gasteiger partial charge in [0.1, 0.15) is 5.75 Å². The zero-order valence-electron chi connectivity index (χ0n) is 28.5. The van der Waals surface area contributed by atoms with Crippen molar-refractivity contribution in [1.82, 2.24) is 9.62 Å². The van der Waals surface area contributed by atoms with Crippen molar-refractivity contribution in [3.63, 3.8) is 0 Å². The summed E-state index contributed by atoms with van der Waals surface area (Å²) in [5.41, 5.74) is 3.50. The highest BCUT2D eigenvalue weighted by Crippen LogP contribution is 2.49. The van der Waals surface area contributed by atoms with E-state index < -0.39 is 15.9 Å². The lowest BCUT2D eigenvalue weighted by molar-refractivity contribution is -0.240. The maximum atomic E-state index is 13.4. The van der Waals surface area contributed by atoms with Crippen LogP contribution in [0.4, 0.5) is 5.69 Å². The van der Waals surface area contributed by atoms with E-state index >= 15 is 0 Å². The molecule has 2 aromatic carbocycles. The number of rotatable bonds is 2. The second-order valence-corrected chi connectivity index (χ2v) is 17.6. The molecule has 2 aliphatic carbocycles. The van der Waals surface area contributed by atoms with Crippen LogP contribution in [-0.2, 0) is 31.3 Å². The highest BCUT2D eigenvalue weighted by Gasteiger charge is 2.46. The van der Waals surface area contributed by atoms with Crippen LogP contribution in [0.15, 0.2) is 36.4 Å². The van der Waals surface area contributed by atoms with Crippen LogP contribution in [0.1, 0.15) is 73.4 Å². The molecule has 48 heavy (non-hydrogen) atoms. The van der Waals surface area contributed by atoms with E-state index in [0.29, 0.717) is 37.2 Å². The summed E-state index contributed by atoms with van der Waals surface area (Å²) in [5, 5.41) is 0.751. The molecule has 1 amide bonds. The third-order valence-electron chi connectivity index (χ3n) is 11.8. The van der Waals surface area contributed by atoms with Crippen molar-refractivity contribution >= 4 is 33.2 Å². The van der Waals surface area contributed by atoms with Crippen LogP contribution in [0.5, 0.6) is 5.75 Å². The fraction of sp³-hybridized carbons (Fsp3) is 0.649. The number of hydrogen-bond donors (Lipinski definition) is 1. The summed E-state index contributed by atoms with van der Waals surface area (Å²) in [5.74, 6) is 1.01. The number of nitrogens with zero attached hydrogens (tertiary/aromatic N) is 2. The first-order chi connectivity index (χ1) is 23.0. The van der Waals surface area contributed by atoms with Crippen LogP contribution in [0.2, 0.25) is 5.02 Å². The number of hydrogen-bond acceptors (Lipinski definition) is 8. The standard InChI is InChI=1S/C37H50ClN3O6S/c1-24-6-4-8-31(36-45-19-29(20-46-36)40(2)3)30-12-9-27(30)18-41-22-37(15-5-7-25-16-28(38)11-13-32(25)37)23-47-34-14-10-26(17-33(34)41)35(42)39-48(43,44)21-24/h10-11,13-14,16-17,24,27,29-31,36H,4-9,12,15,18-23H2,1-3H3,(H,39,42)/t24-,27-,29-,30+,31+,36+,37-/m0/s1. The molecule has 0 aromatic heterocycles. The largest absolute Gasteiger partial charge is 0.490 e. The van der Waals surface area contributed by atoms with Gasteiger partial charge < -0.3 is 24.0 Å². The zero-order chi connectivity index (χ0) is 33.6. The number of likely N-dealkylation sites (N-methyl/N-ethyl adjacent to an activating group) is 1. The fourth-order valence-electron chi connectivity index (χ4n) is 8.93. The Morgan fingerprint density at radius 1 is 1.00 bits per heavy atom. The summed E-state index contributed by atoms with van der Waals surface area (Å²) in [6, 6.07) is 11.9. The second kappa shape index (κ2) is 13.7. The minimum Gasteiger partial charge on any atom is -0.490 e. The van der Waals surface area contributed by atoms with E-state index in [9.17, 15) is 13.2 Å². The minimum atomic E-state index is -3.82. The Labute approximate surface area is 290 Å². The number of ether oxygens (including phenoxy) is 3. The molecular weight excluding hydrogens is 650 g/mol. The van der Waals surface area contributed by atoms with Gasteiger partial charge in [0.15, 0.2) is 6.29 Å². The van der Waals surface area contributed by atoms with Gasteiger partial charge in [-0.3, -0.25) is 4.79 Å². The Morgan fingerprint density at radius 2 is 1.81 bits per heavy atom. The monoisotopic (exact) mass is 699 g/mol. The SMILES string of the molecule is C[C@H]1CCC[C@@H]([C@H]2OC[C@@H](N(C)C)CO2)[C@@H]2CC[C@H]2CN2C[C@@]3(CCCc4cc(Cl)ccc43)COc3ccc(cc32)C(=O)NS(=O)(=O)C1. The Hall–Kier alpha value is -2.37. The summed E-state index contributed by atoms with van der Waals surface area (Å²) in [6.45, 7) is 5.32. The molecule has 0 radical (unpaired) electrons. The molecule has 5 aliphatic rings. The van der Waals surface area contributed by atoms with Gasteiger partial charge in [-0.15, -0.1) is 0 Å². The van der Waals surface area contributed by atoms with E-state index in [1.165, 1.54) is 11.1 Å². The quantitative estimate of drug-likeness (QED) is 0.431. The van der Waals surface area contributed by atoms with E-state index in [2.05, 4.69) is 40.7 Å².